The maximum atomic E-state index is 12.4. The van der Waals surface area contributed by atoms with Gasteiger partial charge in [-0.1, -0.05) is 0 Å². The third kappa shape index (κ3) is 2.31. The molecule has 1 aromatic carbocycles. The molecule has 1 fully saturated rings. The summed E-state index contributed by atoms with van der Waals surface area (Å²) >= 11 is 0. The minimum absolute atomic E-state index is 0.0290. The molecule has 1 aliphatic rings. The molecule has 6 heteroatoms. The number of aliphatic hydroxyl groups is 1. The molecule has 0 atom stereocenters. The smallest absolute Gasteiger partial charge is 0.253 e. The van der Waals surface area contributed by atoms with Gasteiger partial charge in [0.15, 0.2) is 0 Å². The van der Waals surface area contributed by atoms with Crippen molar-refractivity contribution in [2.75, 3.05) is 19.7 Å². The highest BCUT2D eigenvalue weighted by atomic mass is 16.3. The van der Waals surface area contributed by atoms with Crippen LogP contribution in [-0.2, 0) is 0 Å². The number of carbonyl (C=O) groups is 1. The Hall–Kier alpha value is -1.95. The number of nitrogens with zero attached hydrogens (tertiary/aromatic N) is 3. The molecule has 3 rings (SSSR count). The second-order valence-electron chi connectivity index (χ2n) is 4.95. The Morgan fingerprint density at radius 3 is 2.79 bits per heavy atom. The number of H-pyrrole nitrogens is 1. The van der Waals surface area contributed by atoms with Gasteiger partial charge in [0.05, 0.1) is 0 Å². The van der Waals surface area contributed by atoms with Gasteiger partial charge in [0, 0.05) is 25.3 Å². The molecule has 2 heterocycles. The summed E-state index contributed by atoms with van der Waals surface area (Å²) in [6, 6.07) is 5.34. The summed E-state index contributed by atoms with van der Waals surface area (Å²) < 4.78 is 0. The monoisotopic (exact) mass is 260 g/mol. The number of carbonyl (C=O) groups excluding carboxylic acids is 1. The lowest BCUT2D eigenvalue weighted by Crippen LogP contribution is -2.39. The summed E-state index contributed by atoms with van der Waals surface area (Å²) in [5.74, 6) is 0.364. The zero-order chi connectivity index (χ0) is 13.2. The second kappa shape index (κ2) is 4.97. The molecule has 2 N–H and O–H groups in total. The molecule has 0 bridgehead atoms. The van der Waals surface area contributed by atoms with Crippen molar-refractivity contribution in [2.24, 2.45) is 5.92 Å². The zero-order valence-corrected chi connectivity index (χ0v) is 10.5. The average molecular weight is 260 g/mol. The van der Waals surface area contributed by atoms with Crippen molar-refractivity contribution < 1.29 is 9.90 Å². The van der Waals surface area contributed by atoms with Gasteiger partial charge in [-0.3, -0.25) is 4.79 Å². The number of fused-ring (bicyclic) bond motifs is 1. The number of benzene rings is 1. The number of aliphatic hydroxyl groups excluding tert-OH is 1. The normalized spacial score (nSPS) is 17.0. The molecule has 0 unspecified atom stereocenters. The lowest BCUT2D eigenvalue weighted by Gasteiger charge is -2.31. The molecule has 1 aromatic heterocycles. The first-order valence-corrected chi connectivity index (χ1v) is 6.48. The molecule has 6 nitrogen and oxygen atoms in total. The third-order valence-electron chi connectivity index (χ3n) is 3.72. The molecular formula is C13H16N4O2. The predicted octanol–water partition coefficient (Wildman–Crippen LogP) is 0.802. The van der Waals surface area contributed by atoms with Crippen LogP contribution in [0.3, 0.4) is 0 Å². The SMILES string of the molecule is O=C(c1ccc2n[nH]nc2c1)N1CCC(CO)CC1. The van der Waals surface area contributed by atoms with Gasteiger partial charge >= 0.3 is 0 Å². The van der Waals surface area contributed by atoms with Crippen LogP contribution in [0.25, 0.3) is 11.0 Å². The van der Waals surface area contributed by atoms with Crippen molar-refractivity contribution in [3.8, 4) is 0 Å². The third-order valence-corrected chi connectivity index (χ3v) is 3.72. The Bertz CT molecular complexity index is 587. The lowest BCUT2D eigenvalue weighted by molar-refractivity contribution is 0.0651. The number of likely N-dealkylation sites (tertiary alicyclic amines) is 1. The van der Waals surface area contributed by atoms with E-state index in [0.717, 1.165) is 18.4 Å². The number of aromatic amines is 1. The van der Waals surface area contributed by atoms with E-state index in [4.69, 9.17) is 5.11 Å². The number of aromatic nitrogens is 3. The number of rotatable bonds is 2. The molecule has 0 spiro atoms. The first-order chi connectivity index (χ1) is 9.28. The number of hydrogen-bond donors (Lipinski definition) is 2. The fourth-order valence-electron chi connectivity index (χ4n) is 2.47. The largest absolute Gasteiger partial charge is 0.396 e. The van der Waals surface area contributed by atoms with Crippen molar-refractivity contribution in [1.82, 2.24) is 20.3 Å². The summed E-state index contributed by atoms with van der Waals surface area (Å²) in [4.78, 5) is 14.2. The van der Waals surface area contributed by atoms with Gasteiger partial charge in [-0.2, -0.15) is 15.4 Å². The Labute approximate surface area is 110 Å². The highest BCUT2D eigenvalue weighted by Crippen LogP contribution is 2.19. The van der Waals surface area contributed by atoms with Crippen molar-refractivity contribution in [2.45, 2.75) is 12.8 Å². The molecule has 19 heavy (non-hydrogen) atoms. The van der Waals surface area contributed by atoms with E-state index >= 15 is 0 Å². The van der Waals surface area contributed by atoms with Crippen LogP contribution < -0.4 is 0 Å². The minimum atomic E-state index is 0.0290. The second-order valence-corrected chi connectivity index (χ2v) is 4.95. The molecule has 1 amide bonds. The quantitative estimate of drug-likeness (QED) is 0.837. The molecule has 0 aliphatic carbocycles. The van der Waals surface area contributed by atoms with Gasteiger partial charge in [0.2, 0.25) is 0 Å². The maximum Gasteiger partial charge on any atom is 0.253 e. The highest BCUT2D eigenvalue weighted by molar-refractivity contribution is 5.97. The summed E-state index contributed by atoms with van der Waals surface area (Å²) in [5, 5.41) is 19.6. The first kappa shape index (κ1) is 12.1. The molecule has 1 saturated heterocycles. The van der Waals surface area contributed by atoms with E-state index in [-0.39, 0.29) is 12.5 Å². The van der Waals surface area contributed by atoms with Crippen LogP contribution in [0, 0.1) is 5.92 Å². The van der Waals surface area contributed by atoms with E-state index in [1.54, 1.807) is 18.2 Å². The van der Waals surface area contributed by atoms with Crippen LogP contribution >= 0.6 is 0 Å². The lowest BCUT2D eigenvalue weighted by atomic mass is 9.97. The van der Waals surface area contributed by atoms with Gasteiger partial charge in [0.1, 0.15) is 11.0 Å². The zero-order valence-electron chi connectivity index (χ0n) is 10.5. The number of hydrogen-bond acceptors (Lipinski definition) is 4. The first-order valence-electron chi connectivity index (χ1n) is 6.48. The number of piperidine rings is 1. The molecular weight excluding hydrogens is 244 g/mol. The van der Waals surface area contributed by atoms with Crippen molar-refractivity contribution in [1.29, 1.82) is 0 Å². The fourth-order valence-corrected chi connectivity index (χ4v) is 2.47. The molecule has 0 radical (unpaired) electrons. The average Bonchev–Trinajstić information content (AvgIpc) is 2.94. The van der Waals surface area contributed by atoms with E-state index in [9.17, 15) is 4.79 Å². The van der Waals surface area contributed by atoms with Gasteiger partial charge in [-0.25, -0.2) is 0 Å². The van der Waals surface area contributed by atoms with E-state index in [0.29, 0.717) is 30.1 Å². The topological polar surface area (TPSA) is 82.1 Å². The van der Waals surface area contributed by atoms with Crippen molar-refractivity contribution in [3.63, 3.8) is 0 Å². The van der Waals surface area contributed by atoms with Crippen LogP contribution in [0.1, 0.15) is 23.2 Å². The summed E-state index contributed by atoms with van der Waals surface area (Å²) in [6.07, 6.45) is 1.74. The van der Waals surface area contributed by atoms with Crippen LogP contribution in [0.4, 0.5) is 0 Å². The Morgan fingerprint density at radius 2 is 2.05 bits per heavy atom. The van der Waals surface area contributed by atoms with Crippen LogP contribution in [0.15, 0.2) is 18.2 Å². The van der Waals surface area contributed by atoms with Gasteiger partial charge < -0.3 is 10.0 Å². The summed E-state index contributed by atoms with van der Waals surface area (Å²) in [6.45, 7) is 1.63. The van der Waals surface area contributed by atoms with Crippen LogP contribution in [0.5, 0.6) is 0 Å². The van der Waals surface area contributed by atoms with Gasteiger partial charge in [0.25, 0.3) is 5.91 Å². The molecule has 100 valence electrons. The van der Waals surface area contributed by atoms with E-state index in [1.165, 1.54) is 0 Å². The molecule has 1 aliphatic heterocycles. The van der Waals surface area contributed by atoms with E-state index in [1.807, 2.05) is 4.90 Å². The minimum Gasteiger partial charge on any atom is -0.396 e. The highest BCUT2D eigenvalue weighted by Gasteiger charge is 2.23. The van der Waals surface area contributed by atoms with Crippen molar-refractivity contribution >= 4 is 16.9 Å². The predicted molar refractivity (Wildman–Crippen MR) is 69.6 cm³/mol. The Morgan fingerprint density at radius 1 is 1.32 bits per heavy atom. The number of amides is 1. The van der Waals surface area contributed by atoms with Gasteiger partial charge in [-0.15, -0.1) is 0 Å². The van der Waals surface area contributed by atoms with E-state index in [2.05, 4.69) is 15.4 Å². The fraction of sp³-hybridized carbons (Fsp3) is 0.462. The van der Waals surface area contributed by atoms with E-state index < -0.39 is 0 Å². The summed E-state index contributed by atoms with van der Waals surface area (Å²) in [7, 11) is 0. The Kier molecular flexibility index (Phi) is 3.16. The van der Waals surface area contributed by atoms with Crippen molar-refractivity contribution in [3.05, 3.63) is 23.8 Å². The molecule has 2 aromatic rings. The van der Waals surface area contributed by atoms with Crippen LogP contribution in [0.2, 0.25) is 0 Å². The Balaban J connectivity index is 1.76. The van der Waals surface area contributed by atoms with Gasteiger partial charge in [-0.05, 0) is 37.0 Å². The maximum absolute atomic E-state index is 12.4. The number of nitrogens with one attached hydrogen (secondary N) is 1. The summed E-state index contributed by atoms with van der Waals surface area (Å²) in [5.41, 5.74) is 2.11. The molecule has 0 saturated carbocycles. The van der Waals surface area contributed by atoms with Crippen LogP contribution in [-0.4, -0.2) is 51.0 Å². The standard InChI is InChI=1S/C13H16N4O2/c18-8-9-3-5-17(6-4-9)13(19)10-1-2-11-12(7-10)15-16-14-11/h1-2,7,9,18H,3-6,8H2,(H,14,15,16).